The summed E-state index contributed by atoms with van der Waals surface area (Å²) in [5.74, 6) is 0.928. The van der Waals surface area contributed by atoms with Crippen LogP contribution in [-0.4, -0.2) is 39.9 Å². The Kier molecular flexibility index (Phi) is 6.60. The Hall–Kier alpha value is -4.52. The molecule has 1 saturated carbocycles. The van der Waals surface area contributed by atoms with Crippen LogP contribution < -0.4 is 9.04 Å². The van der Waals surface area contributed by atoms with Crippen LogP contribution in [0.3, 0.4) is 0 Å². The zero-order valence-electron chi connectivity index (χ0n) is 21.6. The minimum Gasteiger partial charge on any atom is -0.406 e. The number of hydrogen-bond acceptors (Lipinski definition) is 7. The number of aromatic nitrogens is 5. The maximum Gasteiger partial charge on any atom is 0.573 e. The summed E-state index contributed by atoms with van der Waals surface area (Å²) in [6, 6.07) is 15.7. The number of benzene rings is 2. The lowest BCUT2D eigenvalue weighted by Crippen LogP contribution is -2.32. The number of aromatic amines is 1. The van der Waals surface area contributed by atoms with E-state index in [9.17, 15) is 21.6 Å². The second kappa shape index (κ2) is 10.1. The molecule has 2 aromatic carbocycles. The topological polar surface area (TPSA) is 114 Å². The summed E-state index contributed by atoms with van der Waals surface area (Å²) in [4.78, 5) is 13.0. The third kappa shape index (κ3) is 5.57. The molecule has 1 aliphatic rings. The first-order valence-electron chi connectivity index (χ1n) is 12.7. The van der Waals surface area contributed by atoms with Crippen LogP contribution in [0.25, 0.3) is 22.3 Å². The lowest BCUT2D eigenvalue weighted by molar-refractivity contribution is -0.274. The summed E-state index contributed by atoms with van der Waals surface area (Å²) in [6.07, 6.45) is -0.180. The van der Waals surface area contributed by atoms with Crippen molar-refractivity contribution < 1.29 is 26.3 Å². The highest BCUT2D eigenvalue weighted by atomic mass is 32.2. The number of hydrogen-bond donors (Lipinski definition) is 1. The van der Waals surface area contributed by atoms with Crippen LogP contribution in [0.4, 0.5) is 19.0 Å². The number of nitrogens with zero attached hydrogens (tertiary/aromatic N) is 5. The third-order valence-electron chi connectivity index (χ3n) is 6.67. The van der Waals surface area contributed by atoms with Crippen LogP contribution in [0.2, 0.25) is 0 Å². The van der Waals surface area contributed by atoms with E-state index in [1.54, 1.807) is 13.1 Å². The highest BCUT2D eigenvalue weighted by Crippen LogP contribution is 2.48. The minimum absolute atomic E-state index is 0.0813. The Morgan fingerprint density at radius 3 is 2.39 bits per heavy atom. The SMILES string of the molecule is Cc1nc(-c2ccc(S(=O)(=O)N(Cc3ccc(OC(F)(F)F)cc3)c3ncc4ccccc4c3C3CC3)cn2)n[nH]1. The average Bonchev–Trinajstić information content (AvgIpc) is 3.70. The molecule has 5 aromatic rings. The van der Waals surface area contributed by atoms with Gasteiger partial charge in [0, 0.05) is 23.3 Å². The highest BCUT2D eigenvalue weighted by molar-refractivity contribution is 7.92. The average molecular weight is 581 g/mol. The number of fused-ring (bicyclic) bond motifs is 1. The number of halogens is 3. The molecule has 0 saturated heterocycles. The molecule has 210 valence electrons. The van der Waals surface area contributed by atoms with E-state index in [4.69, 9.17) is 0 Å². The molecule has 41 heavy (non-hydrogen) atoms. The van der Waals surface area contributed by atoms with Crippen LogP contribution in [0.5, 0.6) is 5.75 Å². The number of pyridine rings is 2. The highest BCUT2D eigenvalue weighted by Gasteiger charge is 2.36. The fourth-order valence-corrected chi connectivity index (χ4v) is 6.01. The van der Waals surface area contributed by atoms with Crippen molar-refractivity contribution in [3.63, 3.8) is 0 Å². The fraction of sp³-hybridized carbons (Fsp3) is 0.214. The van der Waals surface area contributed by atoms with Gasteiger partial charge in [-0.25, -0.2) is 22.7 Å². The van der Waals surface area contributed by atoms with Crippen LogP contribution in [0, 0.1) is 6.92 Å². The molecule has 6 rings (SSSR count). The van der Waals surface area contributed by atoms with Gasteiger partial charge in [0.2, 0.25) is 0 Å². The summed E-state index contributed by atoms with van der Waals surface area (Å²) in [5.41, 5.74) is 1.66. The van der Waals surface area contributed by atoms with Crippen LogP contribution in [0.1, 0.15) is 35.7 Å². The summed E-state index contributed by atoms with van der Waals surface area (Å²) >= 11 is 0. The smallest absolute Gasteiger partial charge is 0.406 e. The first kappa shape index (κ1) is 26.7. The van der Waals surface area contributed by atoms with Crippen LogP contribution in [0.15, 0.2) is 78.0 Å². The molecule has 0 atom stereocenters. The van der Waals surface area contributed by atoms with Crippen molar-refractivity contribution in [2.75, 3.05) is 4.31 Å². The molecule has 3 heterocycles. The molecule has 0 aliphatic heterocycles. The summed E-state index contributed by atoms with van der Waals surface area (Å²) in [5, 5.41) is 8.58. The van der Waals surface area contributed by atoms with E-state index in [1.165, 1.54) is 34.8 Å². The lowest BCUT2D eigenvalue weighted by atomic mass is 10.0. The van der Waals surface area contributed by atoms with Gasteiger partial charge in [-0.3, -0.25) is 10.1 Å². The summed E-state index contributed by atoms with van der Waals surface area (Å²) < 4.78 is 71.6. The second-order valence-corrected chi connectivity index (χ2v) is 11.5. The van der Waals surface area contributed by atoms with E-state index >= 15 is 0 Å². The molecule has 1 fully saturated rings. The van der Waals surface area contributed by atoms with Crippen molar-refractivity contribution in [1.29, 1.82) is 0 Å². The third-order valence-corrected chi connectivity index (χ3v) is 8.39. The van der Waals surface area contributed by atoms with Gasteiger partial charge in [-0.05, 0) is 60.9 Å². The Morgan fingerprint density at radius 1 is 1.00 bits per heavy atom. The van der Waals surface area contributed by atoms with E-state index in [2.05, 4.69) is 29.9 Å². The molecule has 0 amide bonds. The number of ether oxygens (including phenoxy) is 1. The first-order valence-corrected chi connectivity index (χ1v) is 14.1. The second-order valence-electron chi connectivity index (χ2n) is 9.68. The van der Waals surface area contributed by atoms with Gasteiger partial charge in [-0.2, -0.15) is 5.10 Å². The largest absolute Gasteiger partial charge is 0.573 e. The summed E-state index contributed by atoms with van der Waals surface area (Å²) in [6.45, 7) is 1.56. The maximum absolute atomic E-state index is 14.2. The van der Waals surface area contributed by atoms with E-state index < -0.39 is 22.1 Å². The number of rotatable bonds is 8. The zero-order chi connectivity index (χ0) is 28.8. The monoisotopic (exact) mass is 580 g/mol. The molecule has 0 spiro atoms. The van der Waals surface area contributed by atoms with E-state index in [1.807, 2.05) is 24.3 Å². The van der Waals surface area contributed by atoms with Crippen molar-refractivity contribution >= 4 is 26.6 Å². The Bertz CT molecular complexity index is 1820. The van der Waals surface area contributed by atoms with Gasteiger partial charge in [-0.15, -0.1) is 13.2 Å². The molecular weight excluding hydrogens is 557 g/mol. The number of H-pyrrole nitrogens is 1. The molecular formula is C28H23F3N6O3S. The molecule has 3 aromatic heterocycles. The number of alkyl halides is 3. The lowest BCUT2D eigenvalue weighted by Gasteiger charge is -2.26. The van der Waals surface area contributed by atoms with Gasteiger partial charge in [0.05, 0.1) is 6.54 Å². The number of aryl methyl sites for hydroxylation is 1. The molecule has 1 aliphatic carbocycles. The Balaban J connectivity index is 1.43. The molecule has 0 bridgehead atoms. The van der Waals surface area contributed by atoms with Crippen molar-refractivity contribution in [2.45, 2.75) is 43.5 Å². The molecule has 9 nitrogen and oxygen atoms in total. The maximum atomic E-state index is 14.2. The number of anilines is 1. The van der Waals surface area contributed by atoms with Crippen molar-refractivity contribution in [2.24, 2.45) is 0 Å². The van der Waals surface area contributed by atoms with Crippen molar-refractivity contribution in [3.8, 4) is 17.3 Å². The fourth-order valence-electron chi connectivity index (χ4n) is 4.63. The standard InChI is InChI=1S/C28H23F3N6O3S/c1-17-34-26(36-35-17)24-13-12-22(15-32-24)41(38,39)37(16-18-6-10-21(11-7-18)40-28(29,30)31)27-25(19-8-9-19)23-5-3-2-4-20(23)14-33-27/h2-7,10-15,19H,8-9,16H2,1H3,(H,34,35,36). The zero-order valence-corrected chi connectivity index (χ0v) is 22.4. The van der Waals surface area contributed by atoms with Crippen molar-refractivity contribution in [3.05, 3.63) is 90.0 Å². The van der Waals surface area contributed by atoms with Gasteiger partial charge >= 0.3 is 6.36 Å². The minimum atomic E-state index is -4.84. The van der Waals surface area contributed by atoms with Gasteiger partial charge < -0.3 is 4.74 Å². The normalized spacial score (nSPS) is 13.9. The van der Waals surface area contributed by atoms with Crippen LogP contribution in [-0.2, 0) is 16.6 Å². The Morgan fingerprint density at radius 2 is 1.76 bits per heavy atom. The number of sulfonamides is 1. The molecule has 0 unspecified atom stereocenters. The van der Waals surface area contributed by atoms with Gasteiger partial charge in [-0.1, -0.05) is 36.4 Å². The van der Waals surface area contributed by atoms with E-state index in [-0.39, 0.29) is 23.2 Å². The van der Waals surface area contributed by atoms with E-state index in [0.29, 0.717) is 22.9 Å². The number of nitrogens with one attached hydrogen (secondary N) is 1. The predicted octanol–water partition coefficient (Wildman–Crippen LogP) is 5.89. The Labute approximate surface area is 233 Å². The van der Waals surface area contributed by atoms with Gasteiger partial charge in [0.25, 0.3) is 10.0 Å². The van der Waals surface area contributed by atoms with Gasteiger partial charge in [0.15, 0.2) is 5.82 Å². The summed E-state index contributed by atoms with van der Waals surface area (Å²) in [7, 11) is -4.23. The van der Waals surface area contributed by atoms with Gasteiger partial charge in [0.1, 0.15) is 28.0 Å². The predicted molar refractivity (Wildman–Crippen MR) is 145 cm³/mol. The molecule has 13 heteroatoms. The van der Waals surface area contributed by atoms with E-state index in [0.717, 1.165) is 41.3 Å². The van der Waals surface area contributed by atoms with Crippen molar-refractivity contribution in [1.82, 2.24) is 25.1 Å². The molecule has 0 radical (unpaired) electrons. The molecule has 1 N–H and O–H groups in total. The first-order chi connectivity index (χ1) is 19.6. The van der Waals surface area contributed by atoms with Crippen LogP contribution >= 0.6 is 0 Å². The quantitative estimate of drug-likeness (QED) is 0.243.